The van der Waals surface area contributed by atoms with Crippen molar-refractivity contribution in [2.45, 2.75) is 13.3 Å². The first-order valence-corrected chi connectivity index (χ1v) is 5.46. The van der Waals surface area contributed by atoms with Crippen LogP contribution in [0.25, 0.3) is 0 Å². The van der Waals surface area contributed by atoms with E-state index < -0.39 is 0 Å². The van der Waals surface area contributed by atoms with Crippen molar-refractivity contribution in [1.29, 1.82) is 0 Å². The first-order valence-electron chi connectivity index (χ1n) is 5.46. The van der Waals surface area contributed by atoms with Gasteiger partial charge < -0.3 is 10.4 Å². The second-order valence-corrected chi connectivity index (χ2v) is 4.10. The third kappa shape index (κ3) is 3.78. The summed E-state index contributed by atoms with van der Waals surface area (Å²) < 4.78 is 0. The third-order valence-electron chi connectivity index (χ3n) is 2.70. The molecule has 1 aliphatic rings. The van der Waals surface area contributed by atoms with Crippen LogP contribution < -0.4 is 5.32 Å². The second-order valence-electron chi connectivity index (χ2n) is 4.10. The highest BCUT2D eigenvalue weighted by molar-refractivity contribution is 5.00. The van der Waals surface area contributed by atoms with Gasteiger partial charge in [-0.25, -0.2) is 0 Å². The molecule has 14 heavy (non-hydrogen) atoms. The van der Waals surface area contributed by atoms with E-state index in [9.17, 15) is 0 Å². The molecule has 0 bridgehead atoms. The summed E-state index contributed by atoms with van der Waals surface area (Å²) in [6.07, 6.45) is 1.13. The number of aliphatic hydroxyl groups is 1. The van der Waals surface area contributed by atoms with Gasteiger partial charge >= 0.3 is 0 Å². The summed E-state index contributed by atoms with van der Waals surface area (Å²) in [5.41, 5.74) is 1.24. The van der Waals surface area contributed by atoms with Crippen LogP contribution >= 0.6 is 0 Å². The van der Waals surface area contributed by atoms with Gasteiger partial charge in [-0.05, 0) is 31.0 Å². The summed E-state index contributed by atoms with van der Waals surface area (Å²) in [6.45, 7) is 11.5. The predicted molar refractivity (Wildman–Crippen MR) is 59.3 cm³/mol. The maximum absolute atomic E-state index is 9.00. The molecule has 3 nitrogen and oxygen atoms in total. The Morgan fingerprint density at radius 2 is 2.43 bits per heavy atom. The minimum Gasteiger partial charge on any atom is -0.396 e. The molecule has 0 aromatic rings. The molecule has 1 unspecified atom stereocenters. The number of aliphatic hydroxyl groups excluding tert-OH is 1. The summed E-state index contributed by atoms with van der Waals surface area (Å²) in [6, 6.07) is 0. The lowest BCUT2D eigenvalue weighted by Crippen LogP contribution is -2.27. The zero-order chi connectivity index (χ0) is 10.4. The van der Waals surface area contributed by atoms with Crippen molar-refractivity contribution in [3.05, 3.63) is 12.2 Å². The standard InChI is InChI=1S/C11H22N2O/c1-3-12-6-10(2)7-13-5-4-11(8-13)9-14/h11-12,14H,2-9H2,1H3. The maximum Gasteiger partial charge on any atom is 0.0471 e. The average Bonchev–Trinajstić information content (AvgIpc) is 2.62. The van der Waals surface area contributed by atoms with E-state index in [-0.39, 0.29) is 0 Å². The van der Waals surface area contributed by atoms with Crippen LogP contribution in [-0.4, -0.2) is 49.3 Å². The Kier molecular flexibility index (Phi) is 5.15. The predicted octanol–water partition coefficient (Wildman–Crippen LogP) is 0.466. The summed E-state index contributed by atoms with van der Waals surface area (Å²) in [5, 5.41) is 12.3. The number of nitrogens with one attached hydrogen (secondary N) is 1. The van der Waals surface area contributed by atoms with Crippen molar-refractivity contribution in [1.82, 2.24) is 10.2 Å². The quantitative estimate of drug-likeness (QED) is 0.609. The van der Waals surface area contributed by atoms with Gasteiger partial charge in [0.25, 0.3) is 0 Å². The van der Waals surface area contributed by atoms with E-state index >= 15 is 0 Å². The normalized spacial score (nSPS) is 22.9. The molecule has 0 spiro atoms. The van der Waals surface area contributed by atoms with Gasteiger partial charge in [0.15, 0.2) is 0 Å². The Morgan fingerprint density at radius 3 is 3.00 bits per heavy atom. The molecule has 0 aliphatic carbocycles. The Bertz CT molecular complexity index is 182. The topological polar surface area (TPSA) is 35.5 Å². The first kappa shape index (κ1) is 11.7. The van der Waals surface area contributed by atoms with E-state index in [1.54, 1.807) is 0 Å². The van der Waals surface area contributed by atoms with E-state index in [0.29, 0.717) is 12.5 Å². The molecule has 2 N–H and O–H groups in total. The minimum atomic E-state index is 0.330. The number of likely N-dealkylation sites (tertiary alicyclic amines) is 1. The number of hydrogen-bond acceptors (Lipinski definition) is 3. The number of hydrogen-bond donors (Lipinski definition) is 2. The van der Waals surface area contributed by atoms with Gasteiger partial charge in [0.2, 0.25) is 0 Å². The van der Waals surface area contributed by atoms with Crippen LogP contribution in [0.3, 0.4) is 0 Å². The highest BCUT2D eigenvalue weighted by atomic mass is 16.3. The maximum atomic E-state index is 9.00. The molecule has 1 atom stereocenters. The smallest absolute Gasteiger partial charge is 0.0471 e. The molecule has 1 rings (SSSR count). The monoisotopic (exact) mass is 198 g/mol. The number of likely N-dealkylation sites (N-methyl/N-ethyl adjacent to an activating group) is 1. The third-order valence-corrected chi connectivity index (χ3v) is 2.70. The summed E-state index contributed by atoms with van der Waals surface area (Å²) >= 11 is 0. The van der Waals surface area contributed by atoms with Crippen LogP contribution in [0.1, 0.15) is 13.3 Å². The van der Waals surface area contributed by atoms with E-state index in [0.717, 1.165) is 39.1 Å². The van der Waals surface area contributed by atoms with E-state index in [2.05, 4.69) is 23.7 Å². The Morgan fingerprint density at radius 1 is 1.64 bits per heavy atom. The molecule has 0 amide bonds. The number of nitrogens with zero attached hydrogens (tertiary/aromatic N) is 1. The fraction of sp³-hybridized carbons (Fsp3) is 0.818. The van der Waals surface area contributed by atoms with Gasteiger partial charge in [-0.3, -0.25) is 4.90 Å². The average molecular weight is 198 g/mol. The highest BCUT2D eigenvalue weighted by Gasteiger charge is 2.21. The molecule has 0 radical (unpaired) electrons. The van der Waals surface area contributed by atoms with Crippen LogP contribution in [-0.2, 0) is 0 Å². The zero-order valence-corrected chi connectivity index (χ0v) is 9.13. The van der Waals surface area contributed by atoms with Crippen molar-refractivity contribution < 1.29 is 5.11 Å². The lowest BCUT2D eigenvalue weighted by atomic mass is 10.1. The van der Waals surface area contributed by atoms with Crippen molar-refractivity contribution in [3.63, 3.8) is 0 Å². The lowest BCUT2D eigenvalue weighted by Gasteiger charge is -2.17. The Labute approximate surface area is 86.8 Å². The van der Waals surface area contributed by atoms with Gasteiger partial charge in [-0.2, -0.15) is 0 Å². The molecule has 1 heterocycles. The number of rotatable bonds is 6. The summed E-state index contributed by atoms with van der Waals surface area (Å²) in [4.78, 5) is 2.38. The van der Waals surface area contributed by atoms with Crippen LogP contribution in [0.2, 0.25) is 0 Å². The van der Waals surface area contributed by atoms with Crippen molar-refractivity contribution in [3.8, 4) is 0 Å². The molecule has 82 valence electrons. The van der Waals surface area contributed by atoms with Crippen LogP contribution in [0, 0.1) is 5.92 Å². The van der Waals surface area contributed by atoms with Crippen molar-refractivity contribution in [2.75, 3.05) is 39.3 Å². The van der Waals surface area contributed by atoms with Gasteiger partial charge in [0.1, 0.15) is 0 Å². The van der Waals surface area contributed by atoms with Gasteiger partial charge in [0.05, 0.1) is 0 Å². The van der Waals surface area contributed by atoms with Gasteiger partial charge in [-0.1, -0.05) is 13.5 Å². The molecule has 0 aromatic heterocycles. The molecular weight excluding hydrogens is 176 g/mol. The highest BCUT2D eigenvalue weighted by Crippen LogP contribution is 2.15. The van der Waals surface area contributed by atoms with E-state index in [4.69, 9.17) is 5.11 Å². The van der Waals surface area contributed by atoms with E-state index in [1.165, 1.54) is 5.57 Å². The molecule has 0 saturated carbocycles. The summed E-state index contributed by atoms with van der Waals surface area (Å²) in [5.74, 6) is 0.488. The fourth-order valence-electron chi connectivity index (χ4n) is 1.88. The van der Waals surface area contributed by atoms with Gasteiger partial charge in [-0.15, -0.1) is 0 Å². The van der Waals surface area contributed by atoms with Crippen LogP contribution in [0.15, 0.2) is 12.2 Å². The lowest BCUT2D eigenvalue weighted by molar-refractivity contribution is 0.224. The van der Waals surface area contributed by atoms with Crippen LogP contribution in [0.5, 0.6) is 0 Å². The first-order chi connectivity index (χ1) is 6.76. The molecule has 1 aliphatic heterocycles. The molecule has 3 heteroatoms. The fourth-order valence-corrected chi connectivity index (χ4v) is 1.88. The molecule has 1 saturated heterocycles. The Hall–Kier alpha value is -0.380. The van der Waals surface area contributed by atoms with Crippen LogP contribution in [0.4, 0.5) is 0 Å². The zero-order valence-electron chi connectivity index (χ0n) is 9.13. The summed E-state index contributed by atoms with van der Waals surface area (Å²) in [7, 11) is 0. The molecule has 1 fully saturated rings. The molecular formula is C11H22N2O. The largest absolute Gasteiger partial charge is 0.396 e. The SMILES string of the molecule is C=C(CNCC)CN1CCC(CO)C1. The van der Waals surface area contributed by atoms with Gasteiger partial charge in [0, 0.05) is 26.2 Å². The minimum absolute atomic E-state index is 0.330. The van der Waals surface area contributed by atoms with E-state index in [1.807, 2.05) is 0 Å². The van der Waals surface area contributed by atoms with Crippen molar-refractivity contribution in [2.24, 2.45) is 5.92 Å². The molecule has 0 aromatic carbocycles. The second kappa shape index (κ2) is 6.17. The Balaban J connectivity index is 2.15. The van der Waals surface area contributed by atoms with Crippen molar-refractivity contribution >= 4 is 0 Å².